The Bertz CT molecular complexity index is 714. The van der Waals surface area contributed by atoms with Gasteiger partial charge in [-0.3, -0.25) is 9.69 Å². The third kappa shape index (κ3) is 6.14. The van der Waals surface area contributed by atoms with E-state index in [1.807, 2.05) is 36.4 Å². The summed E-state index contributed by atoms with van der Waals surface area (Å²) in [5.74, 6) is 0.665. The molecule has 2 aromatic rings. The van der Waals surface area contributed by atoms with Crippen LogP contribution in [0.3, 0.4) is 0 Å². The van der Waals surface area contributed by atoms with Crippen molar-refractivity contribution in [3.8, 4) is 5.75 Å². The van der Waals surface area contributed by atoms with Crippen molar-refractivity contribution in [1.29, 1.82) is 0 Å². The quantitative estimate of drug-likeness (QED) is 0.628. The predicted octanol–water partition coefficient (Wildman–Crippen LogP) is 4.10. The second-order valence-electron chi connectivity index (χ2n) is 6.49. The third-order valence-corrected chi connectivity index (χ3v) is 5.43. The Balaban J connectivity index is 1.37. The number of carbonyl (C=O) groups excluding carboxylic acids is 1. The number of amides is 1. The molecule has 0 radical (unpaired) electrons. The molecule has 138 valence electrons. The number of halogens is 2. The maximum atomic E-state index is 12.1. The Morgan fingerprint density at radius 3 is 2.42 bits per heavy atom. The van der Waals surface area contributed by atoms with Gasteiger partial charge in [-0.25, -0.2) is 0 Å². The van der Waals surface area contributed by atoms with Crippen LogP contribution in [-0.4, -0.2) is 36.5 Å². The number of benzene rings is 2. The highest BCUT2D eigenvalue weighted by Gasteiger charge is 2.20. The Kier molecular flexibility index (Phi) is 7.16. The average molecular weight is 485 g/mol. The lowest BCUT2D eigenvalue weighted by Gasteiger charge is -2.32. The molecule has 6 heteroatoms. The molecule has 0 atom stereocenters. The number of nitrogens with zero attached hydrogens (tertiary/aromatic N) is 1. The van der Waals surface area contributed by atoms with E-state index in [4.69, 9.17) is 16.3 Å². The van der Waals surface area contributed by atoms with Gasteiger partial charge in [0.05, 0.1) is 0 Å². The molecule has 1 heterocycles. The summed E-state index contributed by atoms with van der Waals surface area (Å²) < 4.78 is 6.68. The Morgan fingerprint density at radius 1 is 1.12 bits per heavy atom. The molecule has 0 aliphatic carbocycles. The fourth-order valence-corrected chi connectivity index (χ4v) is 3.52. The van der Waals surface area contributed by atoms with E-state index < -0.39 is 0 Å². The first-order chi connectivity index (χ1) is 12.6. The second-order valence-corrected chi connectivity index (χ2v) is 8.17. The topological polar surface area (TPSA) is 41.6 Å². The van der Waals surface area contributed by atoms with E-state index in [1.165, 1.54) is 5.56 Å². The number of carbonyl (C=O) groups is 1. The molecule has 1 fully saturated rings. The van der Waals surface area contributed by atoms with Crippen molar-refractivity contribution in [1.82, 2.24) is 10.2 Å². The van der Waals surface area contributed by atoms with Gasteiger partial charge < -0.3 is 10.1 Å². The van der Waals surface area contributed by atoms with Gasteiger partial charge in [0.2, 0.25) is 0 Å². The fraction of sp³-hybridized carbons (Fsp3) is 0.350. The van der Waals surface area contributed by atoms with Crippen molar-refractivity contribution in [3.63, 3.8) is 0 Å². The average Bonchev–Trinajstić information content (AvgIpc) is 2.65. The minimum Gasteiger partial charge on any atom is -0.484 e. The summed E-state index contributed by atoms with van der Waals surface area (Å²) in [6.45, 7) is 2.94. The molecule has 0 saturated carbocycles. The summed E-state index contributed by atoms with van der Waals surface area (Å²) in [4.78, 5) is 14.5. The molecule has 0 bridgehead atoms. The van der Waals surface area contributed by atoms with Crippen LogP contribution in [0.4, 0.5) is 0 Å². The standard InChI is InChI=1S/C20H22ClIN2O2/c21-16-3-1-15(2-4-16)13-24-11-9-18(10-12-24)23-20(25)14-26-19-7-5-17(22)6-8-19/h1-8,18H,9-14H2,(H,23,25). The number of hydrogen-bond acceptors (Lipinski definition) is 3. The van der Waals surface area contributed by atoms with Gasteiger partial charge >= 0.3 is 0 Å². The molecule has 1 N–H and O–H groups in total. The van der Waals surface area contributed by atoms with Crippen molar-refractivity contribution in [2.24, 2.45) is 0 Å². The highest BCUT2D eigenvalue weighted by molar-refractivity contribution is 14.1. The first kappa shape index (κ1) is 19.5. The van der Waals surface area contributed by atoms with Gasteiger partial charge in [0.25, 0.3) is 5.91 Å². The smallest absolute Gasteiger partial charge is 0.258 e. The number of hydrogen-bond donors (Lipinski definition) is 1. The van der Waals surface area contributed by atoms with E-state index in [0.29, 0.717) is 0 Å². The Labute approximate surface area is 173 Å². The molecule has 1 aliphatic heterocycles. The molecule has 1 amide bonds. The first-order valence-electron chi connectivity index (χ1n) is 8.73. The van der Waals surface area contributed by atoms with Crippen molar-refractivity contribution in [2.75, 3.05) is 19.7 Å². The molecule has 1 aliphatic rings. The largest absolute Gasteiger partial charge is 0.484 e. The van der Waals surface area contributed by atoms with E-state index in [1.54, 1.807) is 0 Å². The SMILES string of the molecule is O=C(COc1ccc(I)cc1)NC1CCN(Cc2ccc(Cl)cc2)CC1. The summed E-state index contributed by atoms with van der Waals surface area (Å²) in [7, 11) is 0. The van der Waals surface area contributed by atoms with Gasteiger partial charge in [-0.1, -0.05) is 23.7 Å². The van der Waals surface area contributed by atoms with E-state index >= 15 is 0 Å². The highest BCUT2D eigenvalue weighted by atomic mass is 127. The second kappa shape index (κ2) is 9.58. The van der Waals surface area contributed by atoms with E-state index in [9.17, 15) is 4.79 Å². The summed E-state index contributed by atoms with van der Waals surface area (Å²) in [6, 6.07) is 15.9. The molecular weight excluding hydrogens is 463 g/mol. The van der Waals surface area contributed by atoms with Crippen LogP contribution in [0, 0.1) is 3.57 Å². The molecule has 0 spiro atoms. The number of likely N-dealkylation sites (tertiary alicyclic amines) is 1. The third-order valence-electron chi connectivity index (χ3n) is 4.46. The fourth-order valence-electron chi connectivity index (χ4n) is 3.03. The molecule has 1 saturated heterocycles. The predicted molar refractivity (Wildman–Crippen MR) is 113 cm³/mol. The van der Waals surface area contributed by atoms with Crippen LogP contribution in [0.25, 0.3) is 0 Å². The Hall–Kier alpha value is -1.31. The van der Waals surface area contributed by atoms with Crippen LogP contribution in [0.2, 0.25) is 5.02 Å². The first-order valence-corrected chi connectivity index (χ1v) is 10.2. The van der Waals surface area contributed by atoms with Gasteiger partial charge in [0.15, 0.2) is 6.61 Å². The Morgan fingerprint density at radius 2 is 1.77 bits per heavy atom. The molecule has 0 unspecified atom stereocenters. The van der Waals surface area contributed by atoms with Crippen LogP contribution in [-0.2, 0) is 11.3 Å². The molecule has 3 rings (SSSR count). The molecule has 2 aromatic carbocycles. The zero-order chi connectivity index (χ0) is 18.4. The molecule has 26 heavy (non-hydrogen) atoms. The van der Waals surface area contributed by atoms with E-state index in [-0.39, 0.29) is 18.6 Å². The van der Waals surface area contributed by atoms with E-state index in [2.05, 4.69) is 44.9 Å². The normalized spacial score (nSPS) is 15.6. The van der Waals surface area contributed by atoms with Gasteiger partial charge in [-0.05, 0) is 77.4 Å². The van der Waals surface area contributed by atoms with Crippen LogP contribution in [0.15, 0.2) is 48.5 Å². The lowest BCUT2D eigenvalue weighted by molar-refractivity contribution is -0.124. The zero-order valence-electron chi connectivity index (χ0n) is 14.5. The number of rotatable bonds is 6. The monoisotopic (exact) mass is 484 g/mol. The molecular formula is C20H22ClIN2O2. The van der Waals surface area contributed by atoms with Gasteiger partial charge in [0, 0.05) is 34.3 Å². The summed E-state index contributed by atoms with van der Waals surface area (Å²) in [5, 5.41) is 3.85. The van der Waals surface area contributed by atoms with Gasteiger partial charge in [0.1, 0.15) is 5.75 Å². The number of piperidine rings is 1. The maximum absolute atomic E-state index is 12.1. The number of nitrogens with one attached hydrogen (secondary N) is 1. The minimum atomic E-state index is -0.0558. The summed E-state index contributed by atoms with van der Waals surface area (Å²) in [5.41, 5.74) is 1.27. The van der Waals surface area contributed by atoms with Crippen LogP contribution >= 0.6 is 34.2 Å². The molecule has 4 nitrogen and oxygen atoms in total. The summed E-state index contributed by atoms with van der Waals surface area (Å²) >= 11 is 8.17. The van der Waals surface area contributed by atoms with Crippen LogP contribution in [0.5, 0.6) is 5.75 Å². The van der Waals surface area contributed by atoms with Gasteiger partial charge in [-0.15, -0.1) is 0 Å². The van der Waals surface area contributed by atoms with Gasteiger partial charge in [-0.2, -0.15) is 0 Å². The molecule has 0 aromatic heterocycles. The maximum Gasteiger partial charge on any atom is 0.258 e. The van der Waals surface area contributed by atoms with Crippen molar-refractivity contribution >= 4 is 40.1 Å². The van der Waals surface area contributed by atoms with Crippen LogP contribution in [0.1, 0.15) is 18.4 Å². The van der Waals surface area contributed by atoms with E-state index in [0.717, 1.165) is 46.8 Å². The lowest BCUT2D eigenvalue weighted by atomic mass is 10.0. The van der Waals surface area contributed by atoms with Crippen LogP contribution < -0.4 is 10.1 Å². The zero-order valence-corrected chi connectivity index (χ0v) is 17.4. The van der Waals surface area contributed by atoms with Crippen molar-refractivity contribution in [3.05, 3.63) is 62.7 Å². The number of ether oxygens (including phenoxy) is 1. The van der Waals surface area contributed by atoms with Crippen molar-refractivity contribution in [2.45, 2.75) is 25.4 Å². The summed E-state index contributed by atoms with van der Waals surface area (Å²) in [6.07, 6.45) is 1.92. The lowest BCUT2D eigenvalue weighted by Crippen LogP contribution is -2.45. The van der Waals surface area contributed by atoms with Crippen molar-refractivity contribution < 1.29 is 9.53 Å². The minimum absolute atomic E-state index is 0.0558. The highest BCUT2D eigenvalue weighted by Crippen LogP contribution is 2.16.